The number of carbonyl (C=O) groups excluding carboxylic acids is 2. The van der Waals surface area contributed by atoms with Crippen LogP contribution in [0.3, 0.4) is 0 Å². The van der Waals surface area contributed by atoms with Crippen molar-refractivity contribution in [3.8, 4) is 0 Å². The quantitative estimate of drug-likeness (QED) is 0.419. The second-order valence-corrected chi connectivity index (χ2v) is 12.2. The Bertz CT molecular complexity index is 838. The van der Waals surface area contributed by atoms with Gasteiger partial charge in [0.2, 0.25) is 11.8 Å². The van der Waals surface area contributed by atoms with E-state index in [-0.39, 0.29) is 22.3 Å². The molecule has 3 aromatic rings. The van der Waals surface area contributed by atoms with Crippen LogP contribution in [-0.2, 0) is 22.7 Å². The molecule has 0 radical (unpaired) electrons. The van der Waals surface area contributed by atoms with Crippen molar-refractivity contribution in [1.82, 2.24) is 20.8 Å². The van der Waals surface area contributed by atoms with E-state index in [1.807, 2.05) is 48.9 Å². The highest BCUT2D eigenvalue weighted by Crippen LogP contribution is 2.33. The van der Waals surface area contributed by atoms with Gasteiger partial charge >= 0.3 is 0 Å². The molecule has 2 amide bonds. The highest BCUT2D eigenvalue weighted by molar-refractivity contribution is 8.04. The van der Waals surface area contributed by atoms with Gasteiger partial charge in [-0.1, -0.05) is 47.0 Å². The second kappa shape index (κ2) is 11.1. The number of carbonyl (C=O) groups is 2. The number of thioether (sulfide) groups is 2. The van der Waals surface area contributed by atoms with Gasteiger partial charge < -0.3 is 10.6 Å². The number of hydrogen-bond donors (Lipinski definition) is 2. The number of hydrogen-bond acceptors (Lipinski definition) is 9. The van der Waals surface area contributed by atoms with E-state index in [1.54, 1.807) is 22.7 Å². The van der Waals surface area contributed by atoms with Crippen molar-refractivity contribution in [2.45, 2.75) is 46.1 Å². The molecule has 0 aliphatic heterocycles. The maximum atomic E-state index is 12.3. The first kappa shape index (κ1) is 22.3. The van der Waals surface area contributed by atoms with Gasteiger partial charge in [0.05, 0.1) is 23.6 Å². The van der Waals surface area contributed by atoms with Gasteiger partial charge in [0, 0.05) is 9.75 Å². The highest BCUT2D eigenvalue weighted by Gasteiger charge is 2.20. The number of aromatic nitrogens is 2. The van der Waals surface area contributed by atoms with Crippen LogP contribution >= 0.6 is 57.5 Å². The summed E-state index contributed by atoms with van der Waals surface area (Å²) in [4.78, 5) is 26.8. The first-order valence-corrected chi connectivity index (χ1v) is 13.1. The Morgan fingerprint density at radius 3 is 1.72 bits per heavy atom. The standard InChI is InChI=1S/C18H20N4O2S5/c1-11(15(23)19-9-13-5-3-7-25-13)27-17-21-22-18(29-17)28-12(2)16(24)20-10-14-6-4-8-26-14/h3-8,11-12H,9-10H2,1-2H3,(H,19,23)(H,20,24). The van der Waals surface area contributed by atoms with Crippen LogP contribution in [-0.4, -0.2) is 32.5 Å². The maximum Gasteiger partial charge on any atom is 0.233 e. The molecule has 3 heterocycles. The van der Waals surface area contributed by atoms with Crippen LogP contribution in [0.4, 0.5) is 0 Å². The Morgan fingerprint density at radius 2 is 1.34 bits per heavy atom. The number of amides is 2. The Balaban J connectivity index is 1.43. The molecule has 29 heavy (non-hydrogen) atoms. The van der Waals surface area contributed by atoms with Crippen molar-refractivity contribution in [2.75, 3.05) is 0 Å². The molecule has 0 saturated carbocycles. The average Bonchev–Trinajstić information content (AvgIpc) is 3.47. The van der Waals surface area contributed by atoms with E-state index in [2.05, 4.69) is 20.8 Å². The molecule has 0 aliphatic carbocycles. The summed E-state index contributed by atoms with van der Waals surface area (Å²) >= 11 is 7.39. The van der Waals surface area contributed by atoms with Gasteiger partial charge in [-0.2, -0.15) is 0 Å². The fourth-order valence-corrected chi connectivity index (χ4v) is 6.81. The third kappa shape index (κ3) is 7.10. The maximum absolute atomic E-state index is 12.3. The van der Waals surface area contributed by atoms with Crippen LogP contribution < -0.4 is 10.6 Å². The number of nitrogens with one attached hydrogen (secondary N) is 2. The van der Waals surface area contributed by atoms with E-state index in [1.165, 1.54) is 34.9 Å². The molecule has 0 saturated heterocycles. The Labute approximate surface area is 189 Å². The molecule has 6 nitrogen and oxygen atoms in total. The van der Waals surface area contributed by atoms with Crippen LogP contribution in [0.2, 0.25) is 0 Å². The van der Waals surface area contributed by atoms with E-state index in [0.29, 0.717) is 13.1 Å². The lowest BCUT2D eigenvalue weighted by atomic mass is 10.4. The molecule has 2 atom stereocenters. The zero-order valence-corrected chi connectivity index (χ0v) is 19.9. The monoisotopic (exact) mass is 484 g/mol. The summed E-state index contributed by atoms with van der Waals surface area (Å²) in [6.07, 6.45) is 0. The molecule has 0 fully saturated rings. The average molecular weight is 485 g/mol. The first-order valence-electron chi connectivity index (χ1n) is 8.78. The summed E-state index contributed by atoms with van der Waals surface area (Å²) in [5.74, 6) is -0.0664. The van der Waals surface area contributed by atoms with Crippen LogP contribution in [0.15, 0.2) is 43.7 Å². The van der Waals surface area contributed by atoms with E-state index < -0.39 is 0 Å². The third-order valence-electron chi connectivity index (χ3n) is 3.72. The van der Waals surface area contributed by atoms with E-state index in [9.17, 15) is 9.59 Å². The normalized spacial score (nSPS) is 13.0. The lowest BCUT2D eigenvalue weighted by molar-refractivity contribution is -0.121. The summed E-state index contributed by atoms with van der Waals surface area (Å²) in [6, 6.07) is 7.92. The van der Waals surface area contributed by atoms with Gasteiger partial charge in [-0.3, -0.25) is 9.59 Å². The lowest BCUT2D eigenvalue weighted by Gasteiger charge is -2.09. The SMILES string of the molecule is CC(Sc1nnc(SC(C)C(=O)NCc2cccs2)s1)C(=O)NCc1cccs1. The van der Waals surface area contributed by atoms with Gasteiger partial charge in [-0.05, 0) is 36.7 Å². The molecule has 2 N–H and O–H groups in total. The van der Waals surface area contributed by atoms with Crippen LogP contribution in [0.1, 0.15) is 23.6 Å². The Hall–Kier alpha value is -1.40. The molecule has 3 rings (SSSR count). The fourth-order valence-electron chi connectivity index (χ4n) is 2.16. The number of thiophene rings is 2. The molecule has 2 unspecified atom stereocenters. The topological polar surface area (TPSA) is 84.0 Å². The van der Waals surface area contributed by atoms with E-state index >= 15 is 0 Å². The minimum atomic E-state index is -0.271. The van der Waals surface area contributed by atoms with Gasteiger partial charge in [0.25, 0.3) is 0 Å². The molecule has 0 aromatic carbocycles. The molecule has 0 aliphatic rings. The van der Waals surface area contributed by atoms with Gasteiger partial charge in [0.1, 0.15) is 0 Å². The Kier molecular flexibility index (Phi) is 8.54. The smallest absolute Gasteiger partial charge is 0.233 e. The molecule has 3 aromatic heterocycles. The summed E-state index contributed by atoms with van der Waals surface area (Å²) in [6.45, 7) is 4.78. The summed E-state index contributed by atoms with van der Waals surface area (Å²) < 4.78 is 1.44. The zero-order valence-electron chi connectivity index (χ0n) is 15.8. The molecular formula is C18H20N4O2S5. The molecule has 0 bridgehead atoms. The van der Waals surface area contributed by atoms with Gasteiger partial charge in [-0.25, -0.2) is 0 Å². The first-order chi connectivity index (χ1) is 14.0. The predicted molar refractivity (Wildman–Crippen MR) is 123 cm³/mol. The minimum Gasteiger partial charge on any atom is -0.350 e. The largest absolute Gasteiger partial charge is 0.350 e. The molecule has 0 spiro atoms. The molecule has 154 valence electrons. The summed E-state index contributed by atoms with van der Waals surface area (Å²) in [5, 5.41) is 17.6. The summed E-state index contributed by atoms with van der Waals surface area (Å²) in [5.41, 5.74) is 0. The number of rotatable bonds is 10. The van der Waals surface area contributed by atoms with Crippen LogP contribution in [0.5, 0.6) is 0 Å². The zero-order chi connectivity index (χ0) is 20.6. The van der Waals surface area contributed by atoms with Crippen molar-refractivity contribution in [3.05, 3.63) is 44.8 Å². The van der Waals surface area contributed by atoms with Crippen LogP contribution in [0.25, 0.3) is 0 Å². The van der Waals surface area contributed by atoms with E-state index in [4.69, 9.17) is 0 Å². The van der Waals surface area contributed by atoms with E-state index in [0.717, 1.165) is 18.4 Å². The van der Waals surface area contributed by atoms with Crippen molar-refractivity contribution >= 4 is 69.3 Å². The molecular weight excluding hydrogens is 465 g/mol. The van der Waals surface area contributed by atoms with Crippen LogP contribution in [0, 0.1) is 0 Å². The van der Waals surface area contributed by atoms with Gasteiger partial charge in [0.15, 0.2) is 8.68 Å². The number of nitrogens with zero attached hydrogens (tertiary/aromatic N) is 2. The molecule has 11 heteroatoms. The van der Waals surface area contributed by atoms with Crippen molar-refractivity contribution in [2.24, 2.45) is 0 Å². The minimum absolute atomic E-state index is 0.0332. The lowest BCUT2D eigenvalue weighted by Crippen LogP contribution is -2.30. The highest BCUT2D eigenvalue weighted by atomic mass is 32.2. The fraction of sp³-hybridized carbons (Fsp3) is 0.333. The van der Waals surface area contributed by atoms with Crippen molar-refractivity contribution in [3.63, 3.8) is 0 Å². The second-order valence-electron chi connectivity index (χ2n) is 5.95. The summed E-state index contributed by atoms with van der Waals surface area (Å²) in [7, 11) is 0. The predicted octanol–water partition coefficient (Wildman–Crippen LogP) is 4.26. The van der Waals surface area contributed by atoms with Crippen molar-refractivity contribution < 1.29 is 9.59 Å². The van der Waals surface area contributed by atoms with Crippen molar-refractivity contribution in [1.29, 1.82) is 0 Å². The van der Waals surface area contributed by atoms with Gasteiger partial charge in [-0.15, -0.1) is 32.9 Å². The third-order valence-corrected chi connectivity index (χ3v) is 8.76. The Morgan fingerprint density at radius 1 is 0.897 bits per heavy atom.